The highest BCUT2D eigenvalue weighted by atomic mass is 16.2. The van der Waals surface area contributed by atoms with Gasteiger partial charge >= 0.3 is 6.03 Å². The van der Waals surface area contributed by atoms with Crippen LogP contribution in [0.3, 0.4) is 0 Å². The highest BCUT2D eigenvalue weighted by molar-refractivity contribution is 6.37. The third-order valence-corrected chi connectivity index (χ3v) is 8.31. The SMILES string of the molecule is CC(C)(C)NC(=O)N[C@@H](C(=O)N1C[C@@H]2[C@H]([C@H]1C(=O)N[C@@H](CC1CCC1)C(=O)C(N)=O)C2(C)C)C(C)(C)C. The van der Waals surface area contributed by atoms with Gasteiger partial charge in [0.25, 0.3) is 5.91 Å². The van der Waals surface area contributed by atoms with E-state index >= 15 is 0 Å². The number of nitrogens with two attached hydrogens (primary N) is 1. The number of urea groups is 1. The first kappa shape index (κ1) is 28.9. The van der Waals surface area contributed by atoms with Crippen LogP contribution in [0.2, 0.25) is 0 Å². The first-order valence-corrected chi connectivity index (χ1v) is 13.4. The fourth-order valence-corrected chi connectivity index (χ4v) is 5.86. The van der Waals surface area contributed by atoms with Gasteiger partial charge in [0.05, 0.1) is 6.04 Å². The van der Waals surface area contributed by atoms with Crippen molar-refractivity contribution in [2.45, 2.75) is 105 Å². The van der Waals surface area contributed by atoms with Crippen LogP contribution in [-0.4, -0.2) is 64.6 Å². The van der Waals surface area contributed by atoms with Gasteiger partial charge in [-0.2, -0.15) is 0 Å². The number of hydrogen-bond acceptors (Lipinski definition) is 5. The Balaban J connectivity index is 1.83. The van der Waals surface area contributed by atoms with Gasteiger partial charge in [0.1, 0.15) is 12.1 Å². The third kappa shape index (κ3) is 6.26. The van der Waals surface area contributed by atoms with E-state index in [0.29, 0.717) is 13.0 Å². The number of nitrogens with one attached hydrogen (secondary N) is 3. The zero-order chi connectivity index (χ0) is 28.1. The van der Waals surface area contributed by atoms with Crippen molar-refractivity contribution in [2.24, 2.45) is 34.3 Å². The number of primary amides is 1. The summed E-state index contributed by atoms with van der Waals surface area (Å²) >= 11 is 0. The number of ketones is 1. The molecule has 1 heterocycles. The van der Waals surface area contributed by atoms with E-state index in [0.717, 1.165) is 19.3 Å². The molecule has 5 atom stereocenters. The average Bonchev–Trinajstić information content (AvgIpc) is 3.06. The smallest absolute Gasteiger partial charge is 0.315 e. The number of carbonyl (C=O) groups excluding carboxylic acids is 5. The largest absolute Gasteiger partial charge is 0.363 e. The predicted molar refractivity (Wildman–Crippen MR) is 139 cm³/mol. The molecule has 208 valence electrons. The fraction of sp³-hybridized carbons (Fsp3) is 0.815. The summed E-state index contributed by atoms with van der Waals surface area (Å²) in [4.78, 5) is 66.1. The number of rotatable bonds is 8. The number of likely N-dealkylation sites (tertiary alicyclic amines) is 1. The maximum absolute atomic E-state index is 13.9. The molecule has 3 rings (SSSR count). The summed E-state index contributed by atoms with van der Waals surface area (Å²) in [5.41, 5.74) is 4.04. The maximum Gasteiger partial charge on any atom is 0.315 e. The van der Waals surface area contributed by atoms with Crippen molar-refractivity contribution >= 4 is 29.5 Å². The van der Waals surface area contributed by atoms with Crippen LogP contribution >= 0.6 is 0 Å². The Labute approximate surface area is 220 Å². The van der Waals surface area contributed by atoms with Crippen LogP contribution in [0.4, 0.5) is 4.79 Å². The molecule has 0 aromatic carbocycles. The van der Waals surface area contributed by atoms with Gasteiger partial charge in [-0.15, -0.1) is 0 Å². The zero-order valence-electron chi connectivity index (χ0n) is 23.6. The minimum Gasteiger partial charge on any atom is -0.363 e. The van der Waals surface area contributed by atoms with Gasteiger partial charge in [-0.05, 0) is 55.8 Å². The van der Waals surface area contributed by atoms with Crippen molar-refractivity contribution < 1.29 is 24.0 Å². The average molecular weight is 520 g/mol. The summed E-state index contributed by atoms with van der Waals surface area (Å²) in [7, 11) is 0. The minimum atomic E-state index is -1.07. The number of amides is 5. The van der Waals surface area contributed by atoms with Crippen molar-refractivity contribution in [3.63, 3.8) is 0 Å². The summed E-state index contributed by atoms with van der Waals surface area (Å²) in [6, 6.07) is -3.13. The van der Waals surface area contributed by atoms with Crippen LogP contribution in [0.1, 0.15) is 81.1 Å². The highest BCUT2D eigenvalue weighted by Gasteiger charge is 2.70. The molecule has 2 aliphatic carbocycles. The van der Waals surface area contributed by atoms with Crippen LogP contribution < -0.4 is 21.7 Å². The van der Waals surface area contributed by atoms with E-state index in [-0.39, 0.29) is 29.1 Å². The Hall–Kier alpha value is -2.65. The Bertz CT molecular complexity index is 959. The highest BCUT2D eigenvalue weighted by Crippen LogP contribution is 2.65. The normalized spacial score (nSPS) is 26.3. The van der Waals surface area contributed by atoms with Crippen molar-refractivity contribution in [3.05, 3.63) is 0 Å². The molecule has 37 heavy (non-hydrogen) atoms. The summed E-state index contributed by atoms with van der Waals surface area (Å²) in [5.74, 6) is -2.35. The summed E-state index contributed by atoms with van der Waals surface area (Å²) in [6.45, 7) is 15.7. The lowest BCUT2D eigenvalue weighted by Crippen LogP contribution is -2.62. The standard InChI is InChI=1S/C27H45N5O5/c1-25(2,3)20(30-24(37)31-26(4,5)6)23(36)32-13-15-17(27(15,7)8)18(32)22(35)29-16(19(33)21(28)34)12-14-10-9-11-14/h14-18,20H,9-13H2,1-8H3,(H2,28,34)(H,29,35)(H2,30,31,37)/t15-,16+,17-,18+,20+/m1/s1. The molecule has 0 spiro atoms. The van der Waals surface area contributed by atoms with E-state index in [1.54, 1.807) is 4.90 Å². The molecule has 0 unspecified atom stereocenters. The molecule has 1 aliphatic heterocycles. The molecule has 0 bridgehead atoms. The van der Waals surface area contributed by atoms with Gasteiger partial charge < -0.3 is 26.6 Å². The Morgan fingerprint density at radius 1 is 1.00 bits per heavy atom. The second-order valence-corrected chi connectivity index (χ2v) is 13.9. The first-order valence-electron chi connectivity index (χ1n) is 13.4. The van der Waals surface area contributed by atoms with Crippen molar-refractivity contribution in [2.75, 3.05) is 6.54 Å². The molecule has 1 saturated heterocycles. The minimum absolute atomic E-state index is 0.0755. The number of Topliss-reactive ketones (excluding diaryl/α,β-unsaturated/α-hetero) is 1. The second kappa shape index (κ2) is 9.91. The van der Waals surface area contributed by atoms with Crippen LogP contribution in [-0.2, 0) is 19.2 Å². The molecule has 0 aromatic heterocycles. The Morgan fingerprint density at radius 3 is 2.05 bits per heavy atom. The number of fused-ring (bicyclic) bond motifs is 1. The van der Waals surface area contributed by atoms with Crippen molar-refractivity contribution in [1.82, 2.24) is 20.9 Å². The van der Waals surface area contributed by atoms with Crippen LogP contribution in [0.15, 0.2) is 0 Å². The number of carbonyl (C=O) groups is 5. The lowest BCUT2D eigenvalue weighted by Gasteiger charge is -2.38. The van der Waals surface area contributed by atoms with Crippen LogP contribution in [0, 0.1) is 28.6 Å². The van der Waals surface area contributed by atoms with Gasteiger partial charge in [-0.1, -0.05) is 53.9 Å². The molecular formula is C27H45N5O5. The van der Waals surface area contributed by atoms with Gasteiger partial charge in [0.2, 0.25) is 17.6 Å². The van der Waals surface area contributed by atoms with Gasteiger partial charge in [-0.3, -0.25) is 19.2 Å². The molecule has 3 fully saturated rings. The molecule has 0 radical (unpaired) electrons. The van der Waals surface area contributed by atoms with Crippen molar-refractivity contribution in [3.8, 4) is 0 Å². The van der Waals surface area contributed by atoms with E-state index in [2.05, 4.69) is 29.8 Å². The number of piperidine rings is 1. The quantitative estimate of drug-likeness (QED) is 0.360. The Kier molecular flexibility index (Phi) is 7.74. The Morgan fingerprint density at radius 2 is 1.59 bits per heavy atom. The molecule has 2 saturated carbocycles. The molecule has 5 amide bonds. The van der Waals surface area contributed by atoms with Gasteiger partial charge in [-0.25, -0.2) is 4.79 Å². The summed E-state index contributed by atoms with van der Waals surface area (Å²) < 4.78 is 0. The maximum atomic E-state index is 13.9. The number of hydrogen-bond donors (Lipinski definition) is 4. The molecular weight excluding hydrogens is 474 g/mol. The zero-order valence-corrected chi connectivity index (χ0v) is 23.6. The van der Waals surface area contributed by atoms with Gasteiger partial charge in [0.15, 0.2) is 0 Å². The van der Waals surface area contributed by atoms with E-state index in [1.807, 2.05) is 41.5 Å². The molecule has 10 heteroatoms. The second-order valence-electron chi connectivity index (χ2n) is 13.9. The molecule has 3 aliphatic rings. The van der Waals surface area contributed by atoms with E-state index in [4.69, 9.17) is 5.73 Å². The molecule has 0 aromatic rings. The monoisotopic (exact) mass is 519 g/mol. The lowest BCUT2D eigenvalue weighted by molar-refractivity contribution is -0.145. The summed E-state index contributed by atoms with van der Waals surface area (Å²) in [6.07, 6.45) is 3.31. The fourth-order valence-electron chi connectivity index (χ4n) is 5.86. The lowest BCUT2D eigenvalue weighted by atomic mass is 9.80. The van der Waals surface area contributed by atoms with Crippen molar-refractivity contribution in [1.29, 1.82) is 0 Å². The number of nitrogens with zero attached hydrogens (tertiary/aromatic N) is 1. The summed E-state index contributed by atoms with van der Waals surface area (Å²) in [5, 5.41) is 8.44. The van der Waals surface area contributed by atoms with Crippen LogP contribution in [0.25, 0.3) is 0 Å². The third-order valence-electron chi connectivity index (χ3n) is 8.31. The van der Waals surface area contributed by atoms with E-state index < -0.39 is 52.7 Å². The van der Waals surface area contributed by atoms with Crippen LogP contribution in [0.5, 0.6) is 0 Å². The predicted octanol–water partition coefficient (Wildman–Crippen LogP) is 1.71. The molecule has 5 N–H and O–H groups in total. The topological polar surface area (TPSA) is 151 Å². The van der Waals surface area contributed by atoms with Gasteiger partial charge in [0, 0.05) is 12.1 Å². The molecule has 10 nitrogen and oxygen atoms in total. The van der Waals surface area contributed by atoms with E-state index in [9.17, 15) is 24.0 Å². The first-order chi connectivity index (χ1) is 16.8. The van der Waals surface area contributed by atoms with E-state index in [1.165, 1.54) is 0 Å².